The van der Waals surface area contributed by atoms with Crippen molar-refractivity contribution in [1.82, 2.24) is 0 Å². The first kappa shape index (κ1) is 15.6. The number of allylic oxidation sites excluding steroid dienone is 2. The van der Waals surface area contributed by atoms with E-state index in [9.17, 15) is 5.11 Å². The summed E-state index contributed by atoms with van der Waals surface area (Å²) < 4.78 is 0. The van der Waals surface area contributed by atoms with E-state index in [1.165, 1.54) is 51.4 Å². The predicted octanol–water partition coefficient (Wildman–Crippen LogP) is 5.34. The molecule has 3 unspecified atom stereocenters. The second kappa shape index (κ2) is 6.07. The Morgan fingerprint density at radius 2 is 2.10 bits per heavy atom. The van der Waals surface area contributed by atoms with E-state index in [1.54, 1.807) is 5.57 Å². The fraction of sp³-hybridized carbons (Fsp3) is 0.900. The summed E-state index contributed by atoms with van der Waals surface area (Å²) in [7, 11) is 0. The first-order valence-corrected chi connectivity index (χ1v) is 9.43. The third-order valence-corrected chi connectivity index (χ3v) is 7.29. The summed E-state index contributed by atoms with van der Waals surface area (Å²) >= 11 is 0. The van der Waals surface area contributed by atoms with Crippen molar-refractivity contribution >= 4 is 0 Å². The van der Waals surface area contributed by atoms with E-state index < -0.39 is 0 Å². The van der Waals surface area contributed by atoms with Gasteiger partial charge in [-0.05, 0) is 81.0 Å². The van der Waals surface area contributed by atoms with Gasteiger partial charge in [0.05, 0.1) is 6.10 Å². The molecular weight excluding hydrogens is 256 g/mol. The lowest BCUT2D eigenvalue weighted by atomic mass is 9.52. The first-order valence-electron chi connectivity index (χ1n) is 9.43. The van der Waals surface area contributed by atoms with Gasteiger partial charge in [0.1, 0.15) is 0 Å². The molecule has 0 radical (unpaired) electrons. The average Bonchev–Trinajstić information content (AvgIpc) is 2.81. The summed E-state index contributed by atoms with van der Waals surface area (Å²) in [5, 5.41) is 9.63. The zero-order valence-electron chi connectivity index (χ0n) is 14.3. The Kier molecular flexibility index (Phi) is 4.50. The highest BCUT2D eigenvalue weighted by atomic mass is 16.3. The fourth-order valence-electron chi connectivity index (χ4n) is 6.17. The molecule has 2 fully saturated rings. The van der Waals surface area contributed by atoms with Crippen molar-refractivity contribution in [2.75, 3.05) is 0 Å². The summed E-state index contributed by atoms with van der Waals surface area (Å²) in [6.45, 7) is 6.86. The Morgan fingerprint density at radius 3 is 2.81 bits per heavy atom. The Bertz CT molecular complexity index is 397. The van der Waals surface area contributed by atoms with Crippen LogP contribution in [0.1, 0.15) is 78.6 Å². The summed E-state index contributed by atoms with van der Waals surface area (Å²) in [6, 6.07) is 0. The van der Waals surface area contributed by atoms with E-state index in [4.69, 9.17) is 0 Å². The lowest BCUT2D eigenvalue weighted by Crippen LogP contribution is -2.44. The van der Waals surface area contributed by atoms with Gasteiger partial charge in [0, 0.05) is 0 Å². The quantitative estimate of drug-likeness (QED) is 0.693. The van der Waals surface area contributed by atoms with Crippen LogP contribution in [0.5, 0.6) is 0 Å². The molecule has 0 spiro atoms. The van der Waals surface area contributed by atoms with Gasteiger partial charge in [-0.15, -0.1) is 0 Å². The number of aliphatic hydroxyl groups is 1. The second-order valence-electron chi connectivity index (χ2n) is 8.33. The molecule has 6 atom stereocenters. The largest absolute Gasteiger partial charge is 0.393 e. The Balaban J connectivity index is 1.72. The van der Waals surface area contributed by atoms with Crippen LogP contribution in [0.15, 0.2) is 11.6 Å². The molecule has 0 aromatic rings. The van der Waals surface area contributed by atoms with Crippen LogP contribution in [-0.4, -0.2) is 11.2 Å². The lowest BCUT2D eigenvalue weighted by Gasteiger charge is -2.52. The topological polar surface area (TPSA) is 20.2 Å². The molecule has 3 aliphatic carbocycles. The molecule has 0 amide bonds. The minimum absolute atomic E-state index is 0.112. The average molecular weight is 290 g/mol. The van der Waals surface area contributed by atoms with Crippen molar-refractivity contribution < 1.29 is 5.11 Å². The van der Waals surface area contributed by atoms with Crippen molar-refractivity contribution in [3.05, 3.63) is 11.6 Å². The molecule has 3 aliphatic rings. The second-order valence-corrected chi connectivity index (χ2v) is 8.33. The molecule has 0 aromatic carbocycles. The van der Waals surface area contributed by atoms with Gasteiger partial charge in [0.25, 0.3) is 0 Å². The van der Waals surface area contributed by atoms with Crippen LogP contribution >= 0.6 is 0 Å². The van der Waals surface area contributed by atoms with E-state index in [1.807, 2.05) is 6.92 Å². The molecule has 0 aromatic heterocycles. The molecule has 3 rings (SSSR count). The molecule has 0 saturated heterocycles. The molecule has 1 N–H and O–H groups in total. The van der Waals surface area contributed by atoms with Crippen LogP contribution < -0.4 is 0 Å². The molecule has 0 aliphatic heterocycles. The SMILES string of the molecule is CCC1=CCC2C3CCC[C@H](CC[C@@H](C)O)C3CC[C@]12C. The highest BCUT2D eigenvalue weighted by molar-refractivity contribution is 5.24. The van der Waals surface area contributed by atoms with Crippen molar-refractivity contribution in [3.63, 3.8) is 0 Å². The van der Waals surface area contributed by atoms with Crippen LogP contribution in [0.4, 0.5) is 0 Å². The molecule has 0 bridgehead atoms. The first-order chi connectivity index (χ1) is 10.1. The van der Waals surface area contributed by atoms with Gasteiger partial charge >= 0.3 is 0 Å². The van der Waals surface area contributed by atoms with Crippen LogP contribution in [-0.2, 0) is 0 Å². The number of hydrogen-bond acceptors (Lipinski definition) is 1. The van der Waals surface area contributed by atoms with E-state index in [2.05, 4.69) is 19.9 Å². The minimum Gasteiger partial charge on any atom is -0.393 e. The molecule has 1 heteroatoms. The minimum atomic E-state index is -0.112. The fourth-order valence-corrected chi connectivity index (χ4v) is 6.17. The van der Waals surface area contributed by atoms with E-state index in [0.717, 1.165) is 30.1 Å². The number of fused-ring (bicyclic) bond motifs is 3. The summed E-state index contributed by atoms with van der Waals surface area (Å²) in [5.74, 6) is 3.76. The molecule has 120 valence electrons. The van der Waals surface area contributed by atoms with Crippen LogP contribution in [0.25, 0.3) is 0 Å². The molecule has 21 heavy (non-hydrogen) atoms. The Labute approximate surface area is 131 Å². The molecule has 0 heterocycles. The van der Waals surface area contributed by atoms with Gasteiger partial charge in [-0.1, -0.05) is 38.3 Å². The zero-order valence-corrected chi connectivity index (χ0v) is 14.3. The van der Waals surface area contributed by atoms with Gasteiger partial charge < -0.3 is 5.11 Å². The zero-order chi connectivity index (χ0) is 15.0. The van der Waals surface area contributed by atoms with Gasteiger partial charge in [-0.25, -0.2) is 0 Å². The number of aliphatic hydroxyl groups excluding tert-OH is 1. The van der Waals surface area contributed by atoms with E-state index in [0.29, 0.717) is 5.41 Å². The van der Waals surface area contributed by atoms with Crippen molar-refractivity contribution in [2.24, 2.45) is 29.1 Å². The highest BCUT2D eigenvalue weighted by Crippen LogP contribution is 2.61. The van der Waals surface area contributed by atoms with Gasteiger partial charge in [0.15, 0.2) is 0 Å². The normalized spacial score (nSPS) is 43.9. The standard InChI is InChI=1S/C20H34O/c1-4-16-10-11-19-18-7-5-6-15(9-8-14(2)21)17(18)12-13-20(16,19)3/h10,14-15,17-19,21H,4-9,11-13H2,1-3H3/t14-,15-,17?,18?,19?,20-/m1/s1. The smallest absolute Gasteiger partial charge is 0.0512 e. The predicted molar refractivity (Wildman–Crippen MR) is 89.1 cm³/mol. The van der Waals surface area contributed by atoms with Gasteiger partial charge in [0.2, 0.25) is 0 Å². The van der Waals surface area contributed by atoms with Crippen LogP contribution in [0.2, 0.25) is 0 Å². The maximum Gasteiger partial charge on any atom is 0.0512 e. The molecular formula is C20H34O. The molecule has 2 saturated carbocycles. The maximum atomic E-state index is 9.63. The lowest BCUT2D eigenvalue weighted by molar-refractivity contribution is -0.0115. The monoisotopic (exact) mass is 290 g/mol. The Morgan fingerprint density at radius 1 is 1.29 bits per heavy atom. The number of rotatable bonds is 4. The summed E-state index contributed by atoms with van der Waals surface area (Å²) in [5.41, 5.74) is 2.29. The van der Waals surface area contributed by atoms with Gasteiger partial charge in [-0.2, -0.15) is 0 Å². The van der Waals surface area contributed by atoms with Crippen LogP contribution in [0, 0.1) is 29.1 Å². The van der Waals surface area contributed by atoms with Crippen molar-refractivity contribution in [1.29, 1.82) is 0 Å². The third-order valence-electron chi connectivity index (χ3n) is 7.29. The summed E-state index contributed by atoms with van der Waals surface area (Å²) in [6.07, 6.45) is 14.5. The van der Waals surface area contributed by atoms with Crippen LogP contribution in [0.3, 0.4) is 0 Å². The van der Waals surface area contributed by atoms with E-state index >= 15 is 0 Å². The maximum absolute atomic E-state index is 9.63. The number of hydrogen-bond donors (Lipinski definition) is 1. The third kappa shape index (κ3) is 2.71. The van der Waals surface area contributed by atoms with E-state index in [-0.39, 0.29) is 6.10 Å². The van der Waals surface area contributed by atoms with Crippen molar-refractivity contribution in [2.45, 2.75) is 84.7 Å². The summed E-state index contributed by atoms with van der Waals surface area (Å²) in [4.78, 5) is 0. The Hall–Kier alpha value is -0.300. The van der Waals surface area contributed by atoms with Gasteiger partial charge in [-0.3, -0.25) is 0 Å². The highest BCUT2D eigenvalue weighted by Gasteiger charge is 2.51. The van der Waals surface area contributed by atoms with Crippen molar-refractivity contribution in [3.8, 4) is 0 Å². The molecule has 1 nitrogen and oxygen atoms in total.